The van der Waals surface area contributed by atoms with E-state index < -0.39 is 10.0 Å². The Morgan fingerprint density at radius 1 is 1.00 bits per heavy atom. The van der Waals surface area contributed by atoms with Crippen molar-refractivity contribution in [3.8, 4) is 0 Å². The predicted molar refractivity (Wildman–Crippen MR) is 132 cm³/mol. The van der Waals surface area contributed by atoms with Gasteiger partial charge in [0, 0.05) is 37.3 Å². The number of carbonyl (C=O) groups excluding carboxylic acids is 1. The summed E-state index contributed by atoms with van der Waals surface area (Å²) in [5.74, 6) is -0.209. The van der Waals surface area contributed by atoms with Crippen LogP contribution in [0.3, 0.4) is 0 Å². The minimum atomic E-state index is -3.47. The van der Waals surface area contributed by atoms with E-state index in [1.165, 1.54) is 5.01 Å². The Labute approximate surface area is 194 Å². The smallest absolute Gasteiger partial charge is 0.274 e. The van der Waals surface area contributed by atoms with Gasteiger partial charge in [-0.25, -0.2) is 13.4 Å². The summed E-state index contributed by atoms with van der Waals surface area (Å²) in [6.45, 7) is 0. The summed E-state index contributed by atoms with van der Waals surface area (Å²) in [6, 6.07) is 23.8. The third kappa shape index (κ3) is 5.06. The summed E-state index contributed by atoms with van der Waals surface area (Å²) in [7, 11) is 0.462. The van der Waals surface area contributed by atoms with Crippen molar-refractivity contribution in [3.63, 3.8) is 0 Å². The molecule has 7 nitrogen and oxygen atoms in total. The summed E-state index contributed by atoms with van der Waals surface area (Å²) in [6.07, 6.45) is 1.57. The van der Waals surface area contributed by atoms with Crippen LogP contribution in [0.15, 0.2) is 84.0 Å². The van der Waals surface area contributed by atoms with Gasteiger partial charge in [0.05, 0.1) is 23.7 Å². The third-order valence-electron chi connectivity index (χ3n) is 5.44. The molecule has 3 aromatic carbocycles. The molecule has 33 heavy (non-hydrogen) atoms. The van der Waals surface area contributed by atoms with E-state index in [4.69, 9.17) is 5.10 Å². The van der Waals surface area contributed by atoms with Gasteiger partial charge >= 0.3 is 0 Å². The number of hydrazone groups is 1. The first-order valence-electron chi connectivity index (χ1n) is 10.5. The van der Waals surface area contributed by atoms with Crippen LogP contribution in [-0.2, 0) is 10.0 Å². The van der Waals surface area contributed by atoms with Crippen LogP contribution in [0.1, 0.15) is 33.9 Å². The molecule has 0 spiro atoms. The number of nitrogens with one attached hydrogen (secondary N) is 1. The Kier molecular flexibility index (Phi) is 6.20. The molecule has 0 fully saturated rings. The fourth-order valence-electron chi connectivity index (χ4n) is 3.87. The number of anilines is 2. The van der Waals surface area contributed by atoms with Gasteiger partial charge in [0.25, 0.3) is 5.91 Å². The second kappa shape index (κ2) is 9.07. The van der Waals surface area contributed by atoms with Crippen molar-refractivity contribution in [1.82, 2.24) is 5.01 Å². The molecule has 4 rings (SSSR count). The van der Waals surface area contributed by atoms with Gasteiger partial charge in [-0.15, -0.1) is 0 Å². The van der Waals surface area contributed by atoms with Crippen molar-refractivity contribution in [2.75, 3.05) is 30.0 Å². The number of hydrogen-bond acceptors (Lipinski definition) is 5. The number of nitrogens with zero attached hydrogens (tertiary/aromatic N) is 3. The highest BCUT2D eigenvalue weighted by Gasteiger charge is 2.34. The number of amides is 1. The van der Waals surface area contributed by atoms with E-state index in [2.05, 4.69) is 10.8 Å². The van der Waals surface area contributed by atoms with Crippen molar-refractivity contribution < 1.29 is 13.2 Å². The zero-order valence-corrected chi connectivity index (χ0v) is 19.6. The summed E-state index contributed by atoms with van der Waals surface area (Å²) < 4.78 is 26.3. The van der Waals surface area contributed by atoms with Gasteiger partial charge < -0.3 is 4.90 Å². The molecule has 1 amide bonds. The molecule has 1 heterocycles. The number of rotatable bonds is 6. The molecular weight excluding hydrogens is 436 g/mol. The lowest BCUT2D eigenvalue weighted by atomic mass is 9.97. The van der Waals surface area contributed by atoms with Gasteiger partial charge in [-0.05, 0) is 35.9 Å². The number of hydrogen-bond donors (Lipinski definition) is 1. The Bertz CT molecular complexity index is 1300. The lowest BCUT2D eigenvalue weighted by Crippen LogP contribution is -2.27. The minimum absolute atomic E-state index is 0.209. The quantitative estimate of drug-likeness (QED) is 0.598. The molecule has 0 aliphatic carbocycles. The van der Waals surface area contributed by atoms with Crippen LogP contribution in [0.5, 0.6) is 0 Å². The zero-order valence-electron chi connectivity index (χ0n) is 18.8. The first kappa shape index (κ1) is 22.5. The zero-order chi connectivity index (χ0) is 23.6. The topological polar surface area (TPSA) is 82.1 Å². The monoisotopic (exact) mass is 462 g/mol. The van der Waals surface area contributed by atoms with Crippen LogP contribution < -0.4 is 9.62 Å². The Morgan fingerprint density at radius 2 is 1.70 bits per heavy atom. The normalized spacial score (nSPS) is 15.8. The SMILES string of the molecule is CN(C)c1cccc([C@@H]2CC(c3ccccc3NS(C)(=O)=O)=NN2C(=O)c2ccccc2)c1. The van der Waals surface area contributed by atoms with E-state index in [1.54, 1.807) is 24.3 Å². The first-order valence-corrected chi connectivity index (χ1v) is 12.4. The largest absolute Gasteiger partial charge is 0.378 e. The maximum absolute atomic E-state index is 13.4. The van der Waals surface area contributed by atoms with Crippen molar-refractivity contribution in [1.29, 1.82) is 0 Å². The Hall–Kier alpha value is -3.65. The van der Waals surface area contributed by atoms with E-state index in [9.17, 15) is 13.2 Å². The van der Waals surface area contributed by atoms with E-state index in [1.807, 2.05) is 67.5 Å². The Morgan fingerprint density at radius 3 is 2.39 bits per heavy atom. The van der Waals surface area contributed by atoms with Crippen LogP contribution in [0.25, 0.3) is 0 Å². The maximum Gasteiger partial charge on any atom is 0.274 e. The average molecular weight is 463 g/mol. The fraction of sp³-hybridized carbons (Fsp3) is 0.200. The molecule has 0 saturated carbocycles. The van der Waals surface area contributed by atoms with Gasteiger partial charge in [0.1, 0.15) is 0 Å². The number of carbonyl (C=O) groups is 1. The van der Waals surface area contributed by atoms with Gasteiger partial charge in [-0.3, -0.25) is 9.52 Å². The van der Waals surface area contributed by atoms with Gasteiger partial charge in [-0.2, -0.15) is 5.10 Å². The summed E-state index contributed by atoms with van der Waals surface area (Å²) in [5.41, 5.74) is 4.25. The predicted octanol–water partition coefficient (Wildman–Crippen LogP) is 4.12. The molecule has 8 heteroatoms. The van der Waals surface area contributed by atoms with Crippen molar-refractivity contribution in [2.45, 2.75) is 12.5 Å². The van der Waals surface area contributed by atoms with Crippen molar-refractivity contribution in [3.05, 3.63) is 95.6 Å². The summed E-state index contributed by atoms with van der Waals surface area (Å²) >= 11 is 0. The number of sulfonamides is 1. The second-order valence-corrected chi connectivity index (χ2v) is 9.94. The maximum atomic E-state index is 13.4. The molecule has 0 bridgehead atoms. The summed E-state index contributed by atoms with van der Waals surface area (Å²) in [5, 5.41) is 6.22. The van der Waals surface area contributed by atoms with Gasteiger partial charge in [0.2, 0.25) is 10.0 Å². The lowest BCUT2D eigenvalue weighted by molar-refractivity contribution is 0.0711. The molecule has 170 valence electrons. The van der Waals surface area contributed by atoms with E-state index >= 15 is 0 Å². The molecular formula is C25H26N4O3S. The van der Waals surface area contributed by atoms with Crippen LogP contribution in [-0.4, -0.2) is 45.4 Å². The Balaban J connectivity index is 1.78. The molecule has 1 N–H and O–H groups in total. The van der Waals surface area contributed by atoms with Crippen LogP contribution in [0.4, 0.5) is 11.4 Å². The van der Waals surface area contributed by atoms with Gasteiger partial charge in [0.15, 0.2) is 0 Å². The van der Waals surface area contributed by atoms with Crippen LogP contribution in [0, 0.1) is 0 Å². The third-order valence-corrected chi connectivity index (χ3v) is 6.03. The highest BCUT2D eigenvalue weighted by Crippen LogP contribution is 2.36. The minimum Gasteiger partial charge on any atom is -0.378 e. The molecule has 1 aliphatic rings. The molecule has 1 aliphatic heterocycles. The number of para-hydroxylation sites is 1. The second-order valence-electron chi connectivity index (χ2n) is 8.19. The highest BCUT2D eigenvalue weighted by molar-refractivity contribution is 7.92. The molecule has 0 unspecified atom stereocenters. The average Bonchev–Trinajstić information content (AvgIpc) is 3.24. The molecule has 0 saturated heterocycles. The standard InChI is InChI=1S/C25H26N4O3S/c1-28(2)20-13-9-12-19(16-20)24-17-23(21-14-7-8-15-22(21)27-33(3,31)32)26-29(24)25(30)18-10-5-4-6-11-18/h4-16,24,27H,17H2,1-3H3/t24-/m0/s1. The first-order chi connectivity index (χ1) is 15.7. The lowest BCUT2D eigenvalue weighted by Gasteiger charge is -2.23. The molecule has 0 radical (unpaired) electrons. The number of benzene rings is 3. The molecule has 3 aromatic rings. The molecule has 0 aromatic heterocycles. The fourth-order valence-corrected chi connectivity index (χ4v) is 4.44. The van der Waals surface area contributed by atoms with E-state index in [0.717, 1.165) is 17.5 Å². The van der Waals surface area contributed by atoms with E-state index in [-0.39, 0.29) is 11.9 Å². The van der Waals surface area contributed by atoms with Gasteiger partial charge in [-0.1, -0.05) is 48.5 Å². The van der Waals surface area contributed by atoms with Crippen molar-refractivity contribution in [2.24, 2.45) is 5.10 Å². The van der Waals surface area contributed by atoms with Crippen LogP contribution >= 0.6 is 0 Å². The van der Waals surface area contributed by atoms with Crippen molar-refractivity contribution >= 4 is 33.0 Å². The van der Waals surface area contributed by atoms with E-state index in [0.29, 0.717) is 28.9 Å². The molecule has 1 atom stereocenters. The highest BCUT2D eigenvalue weighted by atomic mass is 32.2. The van der Waals surface area contributed by atoms with Crippen LogP contribution in [0.2, 0.25) is 0 Å². The summed E-state index contributed by atoms with van der Waals surface area (Å²) in [4.78, 5) is 15.4.